The first-order valence-corrected chi connectivity index (χ1v) is 16.1. The first-order valence-electron chi connectivity index (χ1n) is 16.1. The molecule has 226 valence electrons. The Kier molecular flexibility index (Phi) is 8.34. The lowest BCUT2D eigenvalue weighted by Crippen LogP contribution is -2.53. The van der Waals surface area contributed by atoms with Gasteiger partial charge in [-0.05, 0) is 67.7 Å². The van der Waals surface area contributed by atoms with Crippen molar-refractivity contribution in [3.8, 4) is 0 Å². The molecule has 2 aliphatic heterocycles. The summed E-state index contributed by atoms with van der Waals surface area (Å²) in [6.07, 6.45) is 1.99. The van der Waals surface area contributed by atoms with Crippen molar-refractivity contribution >= 4 is 22.6 Å². The largest absolute Gasteiger partial charge is 0.465 e. The molecule has 0 bridgehead atoms. The van der Waals surface area contributed by atoms with Crippen LogP contribution in [0.15, 0.2) is 72.8 Å². The number of para-hydroxylation sites is 1. The maximum Gasteiger partial charge on any atom is 0.326 e. The molecular formula is C37H46N4O2. The van der Waals surface area contributed by atoms with Gasteiger partial charge in [0.15, 0.2) is 0 Å². The summed E-state index contributed by atoms with van der Waals surface area (Å²) < 4.78 is 5.58. The van der Waals surface area contributed by atoms with Gasteiger partial charge < -0.3 is 25.3 Å². The number of esters is 1. The van der Waals surface area contributed by atoms with Crippen molar-refractivity contribution in [1.29, 1.82) is 0 Å². The number of carbonyl (C=O) groups excluding carboxylic acids is 1. The highest BCUT2D eigenvalue weighted by Gasteiger charge is 2.42. The van der Waals surface area contributed by atoms with Crippen LogP contribution in [0.4, 0.5) is 5.69 Å². The topological polar surface area (TPSA) is 74.6 Å². The molecule has 4 unspecified atom stereocenters. The second-order valence-corrected chi connectivity index (χ2v) is 12.5. The van der Waals surface area contributed by atoms with Gasteiger partial charge in [0.05, 0.1) is 6.61 Å². The molecule has 2 aliphatic rings. The number of carbonyl (C=O) groups is 1. The predicted molar refractivity (Wildman–Crippen MR) is 176 cm³/mol. The van der Waals surface area contributed by atoms with Crippen molar-refractivity contribution in [1.82, 2.24) is 9.88 Å². The fourth-order valence-electron chi connectivity index (χ4n) is 7.65. The second kappa shape index (κ2) is 12.2. The van der Waals surface area contributed by atoms with Crippen molar-refractivity contribution in [3.63, 3.8) is 0 Å². The van der Waals surface area contributed by atoms with E-state index in [2.05, 4.69) is 78.0 Å². The van der Waals surface area contributed by atoms with Gasteiger partial charge in [-0.2, -0.15) is 0 Å². The van der Waals surface area contributed by atoms with Gasteiger partial charge in [0.1, 0.15) is 5.54 Å². The Morgan fingerprint density at radius 2 is 1.79 bits per heavy atom. The van der Waals surface area contributed by atoms with Crippen LogP contribution in [0, 0.1) is 0 Å². The molecule has 0 aliphatic carbocycles. The van der Waals surface area contributed by atoms with Crippen LogP contribution in [-0.2, 0) is 22.4 Å². The SMILES string of the molecule is CCOC(=O)C(N)(Cc1ccccc1)Cc1c(C(C)c2ccc3c(c2)C2CCN(CC)CC2N3CC)[nH]c2ccccc12. The quantitative estimate of drug-likeness (QED) is 0.214. The first-order chi connectivity index (χ1) is 20.9. The van der Waals surface area contributed by atoms with Gasteiger partial charge in [-0.1, -0.05) is 74.5 Å². The predicted octanol–water partition coefficient (Wildman–Crippen LogP) is 6.38. The Bertz CT molecular complexity index is 1580. The molecule has 0 amide bonds. The van der Waals surface area contributed by atoms with Crippen LogP contribution < -0.4 is 10.6 Å². The third-order valence-electron chi connectivity index (χ3n) is 9.93. The van der Waals surface area contributed by atoms with E-state index in [1.807, 2.05) is 37.3 Å². The number of ether oxygens (including phenoxy) is 1. The average molecular weight is 579 g/mol. The van der Waals surface area contributed by atoms with Gasteiger partial charge in [-0.3, -0.25) is 4.79 Å². The van der Waals surface area contributed by atoms with Crippen molar-refractivity contribution in [2.45, 2.75) is 70.4 Å². The van der Waals surface area contributed by atoms with Crippen LogP contribution in [0.5, 0.6) is 0 Å². The summed E-state index contributed by atoms with van der Waals surface area (Å²) in [7, 11) is 0. The number of nitrogens with two attached hydrogens (primary N) is 1. The van der Waals surface area contributed by atoms with Crippen LogP contribution >= 0.6 is 0 Å². The number of aromatic amines is 1. The Morgan fingerprint density at radius 3 is 2.53 bits per heavy atom. The number of likely N-dealkylation sites (tertiary alicyclic amines) is 1. The van der Waals surface area contributed by atoms with Crippen LogP contribution in [0.2, 0.25) is 0 Å². The van der Waals surface area contributed by atoms with E-state index in [0.29, 0.717) is 31.4 Å². The number of nitrogens with one attached hydrogen (secondary N) is 1. The summed E-state index contributed by atoms with van der Waals surface area (Å²) in [4.78, 5) is 22.4. The smallest absolute Gasteiger partial charge is 0.326 e. The van der Waals surface area contributed by atoms with E-state index in [9.17, 15) is 4.79 Å². The van der Waals surface area contributed by atoms with E-state index in [-0.39, 0.29) is 11.9 Å². The number of nitrogens with zero attached hydrogens (tertiary/aromatic N) is 2. The van der Waals surface area contributed by atoms with Gasteiger partial charge in [0, 0.05) is 66.1 Å². The summed E-state index contributed by atoms with van der Waals surface area (Å²) in [5, 5.41) is 1.11. The standard InChI is InChI=1S/C37H46N4O2/c1-5-40-20-19-29-30-21-27(17-18-33(30)41(6-2)34(29)24-40)25(4)35-31(28-15-11-12-16-32(28)39-35)23-37(38,36(42)43-7-3)22-26-13-9-8-10-14-26/h8-18,21,25,29,34,39H,5-7,19-20,22-24,38H2,1-4H3. The highest BCUT2D eigenvalue weighted by atomic mass is 16.5. The molecule has 3 N–H and O–H groups in total. The molecule has 6 rings (SSSR count). The number of likely N-dealkylation sites (N-methyl/N-ethyl adjacent to an activating group) is 2. The van der Waals surface area contributed by atoms with Gasteiger partial charge >= 0.3 is 5.97 Å². The lowest BCUT2D eigenvalue weighted by Gasteiger charge is -2.38. The molecule has 6 heteroatoms. The molecule has 1 fully saturated rings. The third-order valence-corrected chi connectivity index (χ3v) is 9.93. The zero-order chi connectivity index (χ0) is 30.1. The minimum atomic E-state index is -1.20. The summed E-state index contributed by atoms with van der Waals surface area (Å²) in [6, 6.07) is 26.1. The fraction of sp³-hybridized carbons (Fsp3) is 0.432. The molecule has 0 saturated carbocycles. The molecule has 1 saturated heterocycles. The normalized spacial score (nSPS) is 20.4. The number of anilines is 1. The number of aromatic nitrogens is 1. The van der Waals surface area contributed by atoms with Gasteiger partial charge in [-0.25, -0.2) is 0 Å². The zero-order valence-electron chi connectivity index (χ0n) is 26.1. The van der Waals surface area contributed by atoms with E-state index in [4.69, 9.17) is 10.5 Å². The Balaban J connectivity index is 1.39. The monoisotopic (exact) mass is 578 g/mol. The number of rotatable bonds is 10. The number of hydrogen-bond acceptors (Lipinski definition) is 5. The highest BCUT2D eigenvalue weighted by molar-refractivity contribution is 5.88. The van der Waals surface area contributed by atoms with Crippen molar-refractivity contribution in [2.24, 2.45) is 5.73 Å². The van der Waals surface area contributed by atoms with E-state index < -0.39 is 5.54 Å². The van der Waals surface area contributed by atoms with E-state index in [1.165, 1.54) is 23.2 Å². The number of H-pyrrole nitrogens is 1. The molecule has 1 aromatic heterocycles. The summed E-state index contributed by atoms with van der Waals surface area (Å²) in [5.41, 5.74) is 14.3. The van der Waals surface area contributed by atoms with E-state index in [1.54, 1.807) is 0 Å². The molecular weight excluding hydrogens is 532 g/mol. The van der Waals surface area contributed by atoms with Crippen LogP contribution in [0.25, 0.3) is 10.9 Å². The molecule has 6 nitrogen and oxygen atoms in total. The molecule has 3 aromatic carbocycles. The maximum absolute atomic E-state index is 13.5. The molecule has 0 spiro atoms. The molecule has 4 aromatic rings. The number of hydrogen-bond donors (Lipinski definition) is 2. The van der Waals surface area contributed by atoms with Crippen LogP contribution in [0.1, 0.15) is 73.9 Å². The Morgan fingerprint density at radius 1 is 1.02 bits per heavy atom. The summed E-state index contributed by atoms with van der Waals surface area (Å²) >= 11 is 0. The molecule has 4 atom stereocenters. The molecule has 3 heterocycles. The second-order valence-electron chi connectivity index (χ2n) is 12.5. The third kappa shape index (κ3) is 5.47. The fourth-order valence-corrected chi connectivity index (χ4v) is 7.65. The lowest BCUT2D eigenvalue weighted by molar-refractivity contribution is -0.149. The summed E-state index contributed by atoms with van der Waals surface area (Å²) in [6.45, 7) is 13.4. The average Bonchev–Trinajstić information content (AvgIpc) is 3.55. The minimum absolute atomic E-state index is 0.0979. The van der Waals surface area contributed by atoms with Crippen molar-refractivity contribution < 1.29 is 9.53 Å². The van der Waals surface area contributed by atoms with Crippen LogP contribution in [0.3, 0.4) is 0 Å². The van der Waals surface area contributed by atoms with Crippen LogP contribution in [-0.4, -0.2) is 60.2 Å². The lowest BCUT2D eigenvalue weighted by atomic mass is 9.82. The Labute approximate surface area is 256 Å². The molecule has 43 heavy (non-hydrogen) atoms. The minimum Gasteiger partial charge on any atom is -0.465 e. The Hall–Kier alpha value is -3.61. The van der Waals surface area contributed by atoms with E-state index in [0.717, 1.165) is 53.9 Å². The van der Waals surface area contributed by atoms with Gasteiger partial charge in [0.2, 0.25) is 0 Å². The maximum atomic E-state index is 13.5. The number of fused-ring (bicyclic) bond motifs is 4. The van der Waals surface area contributed by atoms with E-state index >= 15 is 0 Å². The highest BCUT2D eigenvalue weighted by Crippen LogP contribution is 2.46. The summed E-state index contributed by atoms with van der Waals surface area (Å²) in [5.74, 6) is 0.309. The number of benzene rings is 3. The van der Waals surface area contributed by atoms with Gasteiger partial charge in [0.25, 0.3) is 0 Å². The molecule has 0 radical (unpaired) electrons. The first kappa shape index (κ1) is 29.5. The van der Waals surface area contributed by atoms with Crippen molar-refractivity contribution in [2.75, 3.05) is 37.7 Å². The van der Waals surface area contributed by atoms with Crippen molar-refractivity contribution in [3.05, 3.63) is 101 Å². The zero-order valence-corrected chi connectivity index (χ0v) is 26.1. The van der Waals surface area contributed by atoms with Gasteiger partial charge in [-0.15, -0.1) is 0 Å². The number of piperidine rings is 1.